The SMILES string of the molecule is O=C(NS(=O)(=O)c1ccc(NCC2CCOCC2)c([N+](=O)[O-])c1)c1ccc(N2CCC3(CC2)CC(N2CCCC2c2ccccc2C2CC2)C3)cc1N1CCOc2nc3[nH]ccc3cc21. The van der Waals surface area contributed by atoms with Gasteiger partial charge in [0.05, 0.1) is 27.6 Å². The molecule has 15 nitrogen and oxygen atoms in total. The predicted molar refractivity (Wildman–Crippen MR) is 249 cm³/mol. The summed E-state index contributed by atoms with van der Waals surface area (Å²) in [4.78, 5) is 40.6. The number of sulfonamides is 1. The molecule has 1 unspecified atom stereocenters. The van der Waals surface area contributed by atoms with Crippen molar-refractivity contribution in [1.82, 2.24) is 19.6 Å². The lowest BCUT2D eigenvalue weighted by atomic mass is 9.59. The maximum atomic E-state index is 14.3. The van der Waals surface area contributed by atoms with Gasteiger partial charge >= 0.3 is 0 Å². The average Bonchev–Trinajstić information content (AvgIpc) is 3.87. The molecular weight excluding hydrogens is 845 g/mol. The molecule has 5 fully saturated rings. The molecule has 0 bridgehead atoms. The minimum absolute atomic E-state index is 0.141. The summed E-state index contributed by atoms with van der Waals surface area (Å²) in [6.07, 6.45) is 13.2. The normalized spacial score (nSPS) is 21.5. The fourth-order valence-electron chi connectivity index (χ4n) is 11.4. The van der Waals surface area contributed by atoms with E-state index in [1.54, 1.807) is 17.2 Å². The molecule has 6 heterocycles. The molecular formula is C49H56N8O7S. The van der Waals surface area contributed by atoms with Crippen LogP contribution in [0.5, 0.6) is 5.88 Å². The number of nitro groups is 1. The van der Waals surface area contributed by atoms with Crippen LogP contribution in [-0.2, 0) is 14.8 Å². The molecule has 4 aliphatic heterocycles. The van der Waals surface area contributed by atoms with Crippen LogP contribution in [0.25, 0.3) is 11.0 Å². The van der Waals surface area contributed by atoms with Gasteiger partial charge in [0.15, 0.2) is 0 Å². The molecule has 1 spiro atoms. The number of carbonyl (C=O) groups is 1. The minimum atomic E-state index is -4.54. The van der Waals surface area contributed by atoms with Gasteiger partial charge in [0, 0.05) is 68.3 Å². The number of pyridine rings is 1. The molecule has 6 aliphatic rings. The number of likely N-dealkylation sites (tertiary alicyclic amines) is 1. The molecule has 3 aromatic carbocycles. The van der Waals surface area contributed by atoms with E-state index in [4.69, 9.17) is 14.5 Å². The Morgan fingerprint density at radius 3 is 2.48 bits per heavy atom. The zero-order valence-corrected chi connectivity index (χ0v) is 37.4. The molecule has 3 N–H and O–H groups in total. The second kappa shape index (κ2) is 16.9. The second-order valence-electron chi connectivity index (χ2n) is 19.1. The highest BCUT2D eigenvalue weighted by molar-refractivity contribution is 7.90. The van der Waals surface area contributed by atoms with Crippen LogP contribution in [0, 0.1) is 21.4 Å². The van der Waals surface area contributed by atoms with Crippen molar-refractivity contribution in [2.45, 2.75) is 87.1 Å². The Balaban J connectivity index is 0.830. The summed E-state index contributed by atoms with van der Waals surface area (Å²) in [5.41, 5.74) is 6.24. The number of H-pyrrole nitrogens is 1. The Kier molecular flexibility index (Phi) is 10.9. The van der Waals surface area contributed by atoms with Crippen molar-refractivity contribution >= 4 is 55.4 Å². The predicted octanol–water partition coefficient (Wildman–Crippen LogP) is 8.42. The van der Waals surface area contributed by atoms with Crippen LogP contribution in [0.2, 0.25) is 0 Å². The van der Waals surface area contributed by atoms with Gasteiger partial charge in [-0.15, -0.1) is 0 Å². The fraction of sp³-hybridized carbons (Fsp3) is 0.469. The van der Waals surface area contributed by atoms with Crippen LogP contribution >= 0.6 is 0 Å². The highest BCUT2D eigenvalue weighted by Crippen LogP contribution is 2.55. The summed E-state index contributed by atoms with van der Waals surface area (Å²) in [6.45, 7) is 5.39. The largest absolute Gasteiger partial charge is 0.474 e. The van der Waals surface area contributed by atoms with Crippen LogP contribution < -0.4 is 24.6 Å². The van der Waals surface area contributed by atoms with Gasteiger partial charge < -0.3 is 29.6 Å². The standard InChI is InChI=1S/C49H56N8O7S/c58-47(53-65(61,62)37-10-12-41(44(28-37)57(59)60)51-31-32-14-23-63-24-15-32)40-11-9-35(27-43(40)56-22-25-64-48-45(56)26-34-13-18-50-46(34)52-48)54-20-16-49(17-21-54)29-36(30-49)55-19-3-6-42(55)39-5-2-1-4-38(39)33-7-8-33/h1-2,4-5,9-13,18,26-28,32-33,36,42,51H,3,6-8,14-17,19-25,29-31H2,(H,50,52)(H,53,58). The van der Waals surface area contributed by atoms with E-state index in [2.05, 4.69) is 49.1 Å². The van der Waals surface area contributed by atoms with Crippen molar-refractivity contribution < 1.29 is 27.6 Å². The lowest BCUT2D eigenvalue weighted by Crippen LogP contribution is -2.55. The van der Waals surface area contributed by atoms with Crippen LogP contribution in [-0.4, -0.2) is 92.7 Å². The summed E-state index contributed by atoms with van der Waals surface area (Å²) >= 11 is 0. The van der Waals surface area contributed by atoms with Crippen molar-refractivity contribution in [2.75, 3.05) is 67.7 Å². The third-order valence-electron chi connectivity index (χ3n) is 15.1. The first-order chi connectivity index (χ1) is 31.6. The van der Waals surface area contributed by atoms with E-state index in [9.17, 15) is 23.3 Å². The number of anilines is 4. The van der Waals surface area contributed by atoms with Gasteiger partial charge in [-0.05, 0) is 142 Å². The Morgan fingerprint density at radius 1 is 0.892 bits per heavy atom. The highest BCUT2D eigenvalue weighted by Gasteiger charge is 2.50. The summed E-state index contributed by atoms with van der Waals surface area (Å²) in [6, 6.07) is 23.5. The number of ether oxygens (including phenoxy) is 2. The van der Waals surface area contributed by atoms with Crippen molar-refractivity contribution in [3.8, 4) is 5.88 Å². The molecule has 65 heavy (non-hydrogen) atoms. The second-order valence-corrected chi connectivity index (χ2v) is 20.8. The Labute approximate surface area is 379 Å². The molecule has 3 saturated heterocycles. The molecule has 1 atom stereocenters. The molecule has 5 aromatic rings. The van der Waals surface area contributed by atoms with Crippen molar-refractivity contribution in [3.63, 3.8) is 0 Å². The highest BCUT2D eigenvalue weighted by atomic mass is 32.2. The van der Waals surface area contributed by atoms with Crippen LogP contribution in [0.4, 0.5) is 28.4 Å². The fourth-order valence-corrected chi connectivity index (χ4v) is 12.4. The van der Waals surface area contributed by atoms with Crippen LogP contribution in [0.1, 0.15) is 97.7 Å². The van der Waals surface area contributed by atoms with E-state index in [0.717, 1.165) is 61.8 Å². The number of piperidine rings is 1. The molecule has 2 saturated carbocycles. The number of rotatable bonds is 12. The Bertz CT molecular complexity index is 2740. The first kappa shape index (κ1) is 42.0. The molecule has 2 aliphatic carbocycles. The van der Waals surface area contributed by atoms with E-state index < -0.39 is 20.9 Å². The smallest absolute Gasteiger partial charge is 0.293 e. The number of carbonyl (C=O) groups excluding carboxylic acids is 1. The summed E-state index contributed by atoms with van der Waals surface area (Å²) < 4.78 is 41.5. The Morgan fingerprint density at radius 2 is 1.69 bits per heavy atom. The molecule has 0 radical (unpaired) electrons. The van der Waals surface area contributed by atoms with E-state index in [-0.39, 0.29) is 27.8 Å². The average molecular weight is 901 g/mol. The molecule has 1 amide bonds. The van der Waals surface area contributed by atoms with E-state index in [1.807, 2.05) is 35.4 Å². The maximum Gasteiger partial charge on any atom is 0.293 e. The van der Waals surface area contributed by atoms with Gasteiger partial charge in [-0.1, -0.05) is 24.3 Å². The zero-order chi connectivity index (χ0) is 44.3. The van der Waals surface area contributed by atoms with E-state index >= 15 is 0 Å². The first-order valence-corrected chi connectivity index (χ1v) is 24.9. The molecule has 16 heteroatoms. The molecule has 11 rings (SSSR count). The lowest BCUT2D eigenvalue weighted by Gasteiger charge is -2.56. The van der Waals surface area contributed by atoms with Crippen molar-refractivity contribution in [1.29, 1.82) is 0 Å². The van der Waals surface area contributed by atoms with Gasteiger partial charge in [0.2, 0.25) is 5.88 Å². The number of nitrogens with one attached hydrogen (secondary N) is 3. The van der Waals surface area contributed by atoms with E-state index in [0.29, 0.717) is 73.3 Å². The van der Waals surface area contributed by atoms with Crippen molar-refractivity contribution in [2.24, 2.45) is 11.3 Å². The summed E-state index contributed by atoms with van der Waals surface area (Å²) in [7, 11) is -4.54. The number of nitrogens with zero attached hydrogens (tertiary/aromatic N) is 5. The topological polar surface area (TPSA) is 175 Å². The van der Waals surface area contributed by atoms with Gasteiger partial charge in [-0.25, -0.2) is 13.1 Å². The third kappa shape index (κ3) is 8.18. The number of aromatic amines is 1. The summed E-state index contributed by atoms with van der Waals surface area (Å²) in [5, 5.41) is 16.2. The van der Waals surface area contributed by atoms with Gasteiger partial charge in [-0.2, -0.15) is 4.98 Å². The number of amides is 1. The quantitative estimate of drug-likeness (QED) is 0.0807. The first-order valence-electron chi connectivity index (χ1n) is 23.4. The van der Waals surface area contributed by atoms with Crippen molar-refractivity contribution in [3.05, 3.63) is 106 Å². The minimum Gasteiger partial charge on any atom is -0.474 e. The number of nitro benzene ring substituents is 1. The van der Waals surface area contributed by atoms with Gasteiger partial charge in [0.1, 0.15) is 23.6 Å². The number of hydrogen-bond acceptors (Lipinski definition) is 12. The molecule has 2 aromatic heterocycles. The Hall–Kier alpha value is -5.71. The maximum absolute atomic E-state index is 14.3. The van der Waals surface area contributed by atoms with Crippen LogP contribution in [0.3, 0.4) is 0 Å². The monoisotopic (exact) mass is 900 g/mol. The summed E-state index contributed by atoms with van der Waals surface area (Å²) in [5.74, 6) is 0.587. The number of hydrogen-bond donors (Lipinski definition) is 3. The number of aromatic nitrogens is 2. The van der Waals surface area contributed by atoms with Gasteiger partial charge in [-0.3, -0.25) is 19.8 Å². The number of fused-ring (bicyclic) bond motifs is 2. The van der Waals surface area contributed by atoms with Crippen LogP contribution in [0.15, 0.2) is 83.9 Å². The lowest BCUT2D eigenvalue weighted by molar-refractivity contribution is -0.384. The van der Waals surface area contributed by atoms with Gasteiger partial charge in [0.25, 0.3) is 21.6 Å². The zero-order valence-electron chi connectivity index (χ0n) is 36.5. The van der Waals surface area contributed by atoms with E-state index in [1.165, 1.54) is 57.2 Å². The third-order valence-corrected chi connectivity index (χ3v) is 16.5. The number of benzene rings is 3. The molecule has 340 valence electrons.